The first-order chi connectivity index (χ1) is 6.00. The van der Waals surface area contributed by atoms with Crippen LogP contribution < -0.4 is 4.74 Å². The number of halogens is 5. The summed E-state index contributed by atoms with van der Waals surface area (Å²) in [4.78, 5) is 0. The molecule has 0 aliphatic rings. The van der Waals surface area contributed by atoms with Gasteiger partial charge in [0, 0.05) is 0 Å². The van der Waals surface area contributed by atoms with E-state index in [2.05, 4.69) is 20.7 Å². The van der Waals surface area contributed by atoms with Gasteiger partial charge in [-0.05, 0) is 28.1 Å². The fourth-order valence-corrected chi connectivity index (χ4v) is 1.21. The third-order valence-corrected chi connectivity index (χ3v) is 2.09. The van der Waals surface area contributed by atoms with Crippen molar-refractivity contribution < 1.29 is 17.9 Å². The Morgan fingerprint density at radius 1 is 1.38 bits per heavy atom. The standard InChI is InChI=1S/C7H3BrClF3O/c8-3-1-6(13-7(11)12)4(9)2-5(3)10/h1-2,7H. The predicted molar refractivity (Wildman–Crippen MR) is 45.7 cm³/mol. The molecule has 0 saturated heterocycles. The summed E-state index contributed by atoms with van der Waals surface area (Å²) in [5.74, 6) is -0.892. The van der Waals surface area contributed by atoms with E-state index in [0.29, 0.717) is 0 Å². The van der Waals surface area contributed by atoms with E-state index in [0.717, 1.165) is 12.1 Å². The summed E-state index contributed by atoms with van der Waals surface area (Å²) in [6.45, 7) is -2.98. The van der Waals surface area contributed by atoms with Crippen LogP contribution in [0.25, 0.3) is 0 Å². The SMILES string of the molecule is Fc1cc(Cl)c(OC(F)F)cc1Br. The van der Waals surface area contributed by atoms with E-state index in [-0.39, 0.29) is 15.2 Å². The lowest BCUT2D eigenvalue weighted by Crippen LogP contribution is -2.02. The van der Waals surface area contributed by atoms with E-state index in [4.69, 9.17) is 11.6 Å². The highest BCUT2D eigenvalue weighted by molar-refractivity contribution is 9.10. The van der Waals surface area contributed by atoms with Gasteiger partial charge in [0.2, 0.25) is 0 Å². The zero-order valence-electron chi connectivity index (χ0n) is 6.03. The number of hydrogen-bond donors (Lipinski definition) is 0. The van der Waals surface area contributed by atoms with Gasteiger partial charge < -0.3 is 4.74 Å². The minimum Gasteiger partial charge on any atom is -0.433 e. The number of rotatable bonds is 2. The average Bonchev–Trinajstić information content (AvgIpc) is 1.99. The topological polar surface area (TPSA) is 9.23 Å². The van der Waals surface area contributed by atoms with Crippen molar-refractivity contribution in [2.24, 2.45) is 0 Å². The van der Waals surface area contributed by atoms with Crippen molar-refractivity contribution in [3.05, 3.63) is 27.4 Å². The van der Waals surface area contributed by atoms with Crippen molar-refractivity contribution in [1.82, 2.24) is 0 Å². The smallest absolute Gasteiger partial charge is 0.387 e. The second kappa shape index (κ2) is 4.19. The molecule has 0 saturated carbocycles. The lowest BCUT2D eigenvalue weighted by molar-refractivity contribution is -0.0498. The maximum atomic E-state index is 12.7. The van der Waals surface area contributed by atoms with E-state index in [1.807, 2.05) is 0 Å². The van der Waals surface area contributed by atoms with E-state index >= 15 is 0 Å². The minimum atomic E-state index is -2.98. The molecule has 0 radical (unpaired) electrons. The molecule has 1 aromatic rings. The van der Waals surface area contributed by atoms with Gasteiger partial charge in [-0.2, -0.15) is 8.78 Å². The predicted octanol–water partition coefficient (Wildman–Crippen LogP) is 3.84. The minimum absolute atomic E-state index is 0.0209. The van der Waals surface area contributed by atoms with Gasteiger partial charge in [0.15, 0.2) is 0 Å². The van der Waals surface area contributed by atoms with Gasteiger partial charge in [-0.1, -0.05) is 11.6 Å². The Morgan fingerprint density at radius 3 is 2.54 bits per heavy atom. The Kier molecular flexibility index (Phi) is 3.44. The molecular weight excluding hydrogens is 272 g/mol. The lowest BCUT2D eigenvalue weighted by Gasteiger charge is -2.06. The van der Waals surface area contributed by atoms with Gasteiger partial charge >= 0.3 is 6.61 Å². The van der Waals surface area contributed by atoms with Gasteiger partial charge in [-0.25, -0.2) is 4.39 Å². The fourth-order valence-electron chi connectivity index (χ4n) is 0.691. The molecule has 0 heterocycles. The Morgan fingerprint density at radius 2 is 2.00 bits per heavy atom. The van der Waals surface area contributed by atoms with Gasteiger partial charge in [0.05, 0.1) is 9.50 Å². The molecule has 6 heteroatoms. The number of benzene rings is 1. The Bertz CT molecular complexity index is 319. The van der Waals surface area contributed by atoms with E-state index in [9.17, 15) is 13.2 Å². The highest BCUT2D eigenvalue weighted by Crippen LogP contribution is 2.31. The molecule has 1 rings (SSSR count). The molecule has 0 fully saturated rings. The number of ether oxygens (including phenoxy) is 1. The van der Waals surface area contributed by atoms with Crippen LogP contribution in [-0.4, -0.2) is 6.61 Å². The molecule has 0 aliphatic heterocycles. The van der Waals surface area contributed by atoms with Crippen molar-refractivity contribution in [3.8, 4) is 5.75 Å². The summed E-state index contributed by atoms with van der Waals surface area (Å²) < 4.78 is 40.2. The maximum Gasteiger partial charge on any atom is 0.387 e. The van der Waals surface area contributed by atoms with Crippen molar-refractivity contribution in [2.75, 3.05) is 0 Å². The van der Waals surface area contributed by atoms with E-state index in [1.165, 1.54) is 0 Å². The normalized spacial score (nSPS) is 10.6. The quantitative estimate of drug-likeness (QED) is 0.745. The van der Waals surface area contributed by atoms with Crippen LogP contribution in [0.2, 0.25) is 5.02 Å². The van der Waals surface area contributed by atoms with Crippen LogP contribution in [-0.2, 0) is 0 Å². The number of hydrogen-bond acceptors (Lipinski definition) is 1. The molecule has 72 valence electrons. The van der Waals surface area contributed by atoms with Crippen LogP contribution in [0.1, 0.15) is 0 Å². The molecule has 1 nitrogen and oxygen atoms in total. The van der Waals surface area contributed by atoms with Crippen molar-refractivity contribution >= 4 is 27.5 Å². The van der Waals surface area contributed by atoms with Crippen LogP contribution in [0.15, 0.2) is 16.6 Å². The van der Waals surface area contributed by atoms with Gasteiger partial charge in [0.1, 0.15) is 11.6 Å². The molecule has 0 amide bonds. The first-order valence-electron chi connectivity index (χ1n) is 3.10. The van der Waals surface area contributed by atoms with Crippen molar-refractivity contribution in [3.63, 3.8) is 0 Å². The van der Waals surface area contributed by atoms with Crippen LogP contribution in [0, 0.1) is 5.82 Å². The molecule has 1 aromatic carbocycles. The molecule has 0 atom stereocenters. The van der Waals surface area contributed by atoms with E-state index < -0.39 is 12.4 Å². The fraction of sp³-hybridized carbons (Fsp3) is 0.143. The lowest BCUT2D eigenvalue weighted by atomic mass is 10.3. The molecule has 0 aliphatic carbocycles. The van der Waals surface area contributed by atoms with Crippen LogP contribution >= 0.6 is 27.5 Å². The second-order valence-corrected chi connectivity index (χ2v) is 3.34. The van der Waals surface area contributed by atoms with E-state index in [1.54, 1.807) is 0 Å². The van der Waals surface area contributed by atoms with Crippen molar-refractivity contribution in [2.45, 2.75) is 6.61 Å². The summed E-state index contributed by atoms with van der Waals surface area (Å²) in [7, 11) is 0. The zero-order chi connectivity index (χ0) is 10.0. The van der Waals surface area contributed by atoms with Gasteiger partial charge in [-0.15, -0.1) is 0 Å². The zero-order valence-corrected chi connectivity index (χ0v) is 8.37. The second-order valence-electron chi connectivity index (χ2n) is 2.08. The summed E-state index contributed by atoms with van der Waals surface area (Å²) >= 11 is 8.24. The molecule has 0 aromatic heterocycles. The van der Waals surface area contributed by atoms with Gasteiger partial charge in [-0.3, -0.25) is 0 Å². The Labute approximate surface area is 85.6 Å². The number of alkyl halides is 2. The highest BCUT2D eigenvalue weighted by atomic mass is 79.9. The summed E-state index contributed by atoms with van der Waals surface area (Å²) in [5, 5.41) is -0.194. The Hall–Kier alpha value is -0.420. The molecule has 0 N–H and O–H groups in total. The van der Waals surface area contributed by atoms with Crippen LogP contribution in [0.5, 0.6) is 5.75 Å². The third kappa shape index (κ3) is 2.77. The van der Waals surface area contributed by atoms with Crippen LogP contribution in [0.3, 0.4) is 0 Å². The first-order valence-corrected chi connectivity index (χ1v) is 4.27. The summed E-state index contributed by atoms with van der Waals surface area (Å²) in [6, 6.07) is 1.94. The molecule has 0 spiro atoms. The molecule has 0 unspecified atom stereocenters. The summed E-state index contributed by atoms with van der Waals surface area (Å²) in [6.07, 6.45) is 0. The van der Waals surface area contributed by atoms with Gasteiger partial charge in [0.25, 0.3) is 0 Å². The summed E-state index contributed by atoms with van der Waals surface area (Å²) in [5.41, 5.74) is 0. The monoisotopic (exact) mass is 274 g/mol. The Balaban J connectivity index is 3.01. The molecule has 13 heavy (non-hydrogen) atoms. The van der Waals surface area contributed by atoms with Crippen LogP contribution in [0.4, 0.5) is 13.2 Å². The third-order valence-electron chi connectivity index (χ3n) is 1.19. The maximum absolute atomic E-state index is 12.7. The highest BCUT2D eigenvalue weighted by Gasteiger charge is 2.11. The average molecular weight is 275 g/mol. The van der Waals surface area contributed by atoms with Crippen molar-refractivity contribution in [1.29, 1.82) is 0 Å². The first kappa shape index (κ1) is 10.7. The molecule has 0 bridgehead atoms. The largest absolute Gasteiger partial charge is 0.433 e. The molecular formula is C7H3BrClF3O.